The number of carbonyl (C=O) groups is 1. The van der Waals surface area contributed by atoms with Gasteiger partial charge in [-0.3, -0.25) is 4.79 Å². The number of rotatable bonds is 6. The number of carbonyl (C=O) groups excluding carboxylic acids is 1. The van der Waals surface area contributed by atoms with E-state index in [2.05, 4.69) is 22.2 Å². The number of nitrogens with one attached hydrogen (secondary N) is 1. The van der Waals surface area contributed by atoms with Gasteiger partial charge in [0.1, 0.15) is 11.8 Å². The molecule has 0 spiro atoms. The van der Waals surface area contributed by atoms with Crippen molar-refractivity contribution in [2.75, 3.05) is 12.4 Å². The molecule has 1 atom stereocenters. The van der Waals surface area contributed by atoms with E-state index in [-0.39, 0.29) is 11.9 Å². The van der Waals surface area contributed by atoms with E-state index >= 15 is 0 Å². The van der Waals surface area contributed by atoms with E-state index in [4.69, 9.17) is 4.74 Å². The van der Waals surface area contributed by atoms with Crippen LogP contribution in [0.25, 0.3) is 11.3 Å². The van der Waals surface area contributed by atoms with Crippen LogP contribution < -0.4 is 10.1 Å². The first kappa shape index (κ1) is 17.2. The highest BCUT2D eigenvalue weighted by Crippen LogP contribution is 2.32. The quantitative estimate of drug-likeness (QED) is 0.730. The number of thiazole rings is 1. The number of ether oxygens (including phenoxy) is 1. The Morgan fingerprint density at radius 2 is 2.12 bits per heavy atom. The van der Waals surface area contributed by atoms with Crippen LogP contribution in [-0.4, -0.2) is 27.6 Å². The molecule has 0 bridgehead atoms. The van der Waals surface area contributed by atoms with Gasteiger partial charge < -0.3 is 14.6 Å². The molecule has 1 N–H and O–H groups in total. The molecule has 0 aliphatic heterocycles. The third-order valence-corrected chi connectivity index (χ3v) is 5.08. The van der Waals surface area contributed by atoms with Gasteiger partial charge >= 0.3 is 0 Å². The first-order chi connectivity index (χ1) is 12.1. The second-order valence-corrected chi connectivity index (χ2v) is 6.63. The van der Waals surface area contributed by atoms with Crippen molar-refractivity contribution in [1.82, 2.24) is 14.5 Å². The molecule has 130 valence electrons. The summed E-state index contributed by atoms with van der Waals surface area (Å²) in [6.45, 7) is 3.91. The van der Waals surface area contributed by atoms with Crippen molar-refractivity contribution in [2.24, 2.45) is 0 Å². The Hall–Kier alpha value is -2.67. The van der Waals surface area contributed by atoms with Crippen LogP contribution in [0.2, 0.25) is 0 Å². The van der Waals surface area contributed by atoms with Crippen molar-refractivity contribution in [1.29, 1.82) is 0 Å². The average Bonchev–Trinajstić information content (AvgIpc) is 3.31. The summed E-state index contributed by atoms with van der Waals surface area (Å²) in [5, 5.41) is 3.52. The van der Waals surface area contributed by atoms with Crippen LogP contribution in [0.4, 0.5) is 5.13 Å². The summed E-state index contributed by atoms with van der Waals surface area (Å²) in [7, 11) is 1.64. The minimum absolute atomic E-state index is 0.115. The van der Waals surface area contributed by atoms with Gasteiger partial charge in [-0.25, -0.2) is 9.97 Å². The van der Waals surface area contributed by atoms with Gasteiger partial charge in [0, 0.05) is 22.8 Å². The van der Waals surface area contributed by atoms with Gasteiger partial charge in [-0.2, -0.15) is 0 Å². The second kappa shape index (κ2) is 7.48. The Morgan fingerprint density at radius 3 is 2.72 bits per heavy atom. The summed E-state index contributed by atoms with van der Waals surface area (Å²) < 4.78 is 6.96. The summed E-state index contributed by atoms with van der Waals surface area (Å²) in [4.78, 5) is 22.2. The molecule has 0 aliphatic rings. The lowest BCUT2D eigenvalue weighted by atomic mass is 10.1. The van der Waals surface area contributed by atoms with E-state index in [1.54, 1.807) is 30.4 Å². The standard InChI is InChI=1S/C18H20N4O2S/c1-4-15-16(13-5-7-14(24-3)8-6-13)20-18(25-15)21-17(23)12(2)22-10-9-19-11-22/h5-12H,4H2,1-3H3,(H,20,21,23). The first-order valence-electron chi connectivity index (χ1n) is 8.04. The van der Waals surface area contributed by atoms with Crippen LogP contribution in [0.3, 0.4) is 0 Å². The topological polar surface area (TPSA) is 69.0 Å². The van der Waals surface area contributed by atoms with Gasteiger partial charge in [0.15, 0.2) is 5.13 Å². The zero-order chi connectivity index (χ0) is 17.8. The molecular formula is C18H20N4O2S. The predicted molar refractivity (Wildman–Crippen MR) is 99.0 cm³/mol. The van der Waals surface area contributed by atoms with Gasteiger partial charge in [0.25, 0.3) is 0 Å². The maximum atomic E-state index is 12.4. The normalized spacial score (nSPS) is 12.0. The largest absolute Gasteiger partial charge is 0.497 e. The lowest BCUT2D eigenvalue weighted by Gasteiger charge is -2.11. The average molecular weight is 356 g/mol. The van der Waals surface area contributed by atoms with E-state index in [0.29, 0.717) is 5.13 Å². The van der Waals surface area contributed by atoms with Gasteiger partial charge in [0.05, 0.1) is 19.1 Å². The number of anilines is 1. The molecule has 1 aromatic carbocycles. The summed E-state index contributed by atoms with van der Waals surface area (Å²) in [6.07, 6.45) is 5.91. The summed E-state index contributed by atoms with van der Waals surface area (Å²) in [5.41, 5.74) is 1.91. The number of benzene rings is 1. The van der Waals surface area contributed by atoms with E-state index in [0.717, 1.165) is 28.3 Å². The molecule has 6 nitrogen and oxygen atoms in total. The van der Waals surface area contributed by atoms with Gasteiger partial charge in [-0.05, 0) is 37.6 Å². The number of aryl methyl sites for hydroxylation is 1. The SMILES string of the molecule is CCc1sc(NC(=O)C(C)n2ccnc2)nc1-c1ccc(OC)cc1. The fraction of sp³-hybridized carbons (Fsp3) is 0.278. The van der Waals surface area contributed by atoms with Crippen LogP contribution in [-0.2, 0) is 11.2 Å². The van der Waals surface area contributed by atoms with Crippen LogP contribution in [0, 0.1) is 0 Å². The van der Waals surface area contributed by atoms with Crippen molar-refractivity contribution < 1.29 is 9.53 Å². The maximum absolute atomic E-state index is 12.4. The number of methoxy groups -OCH3 is 1. The third kappa shape index (κ3) is 3.71. The first-order valence-corrected chi connectivity index (χ1v) is 8.86. The molecule has 0 radical (unpaired) electrons. The summed E-state index contributed by atoms with van der Waals surface area (Å²) in [5.74, 6) is 0.690. The van der Waals surface area contributed by atoms with Gasteiger partial charge in [0.2, 0.25) is 5.91 Å². The fourth-order valence-electron chi connectivity index (χ4n) is 2.46. The molecule has 2 aromatic heterocycles. The molecular weight excluding hydrogens is 336 g/mol. The van der Waals surface area contributed by atoms with Crippen molar-refractivity contribution >= 4 is 22.4 Å². The van der Waals surface area contributed by atoms with Crippen molar-refractivity contribution in [3.8, 4) is 17.0 Å². The molecule has 25 heavy (non-hydrogen) atoms. The predicted octanol–water partition coefficient (Wildman–Crippen LogP) is 3.78. The Balaban J connectivity index is 1.81. The monoisotopic (exact) mass is 356 g/mol. The molecule has 0 saturated carbocycles. The third-order valence-electron chi connectivity index (χ3n) is 3.96. The summed E-state index contributed by atoms with van der Waals surface area (Å²) in [6, 6.07) is 7.43. The minimum atomic E-state index is -0.346. The highest BCUT2D eigenvalue weighted by molar-refractivity contribution is 7.16. The lowest BCUT2D eigenvalue weighted by molar-refractivity contribution is -0.118. The van der Waals surface area contributed by atoms with Crippen molar-refractivity contribution in [3.05, 3.63) is 47.9 Å². The van der Waals surface area contributed by atoms with Crippen LogP contribution >= 0.6 is 11.3 Å². The molecule has 0 aliphatic carbocycles. The molecule has 1 amide bonds. The molecule has 1 unspecified atom stereocenters. The zero-order valence-electron chi connectivity index (χ0n) is 14.4. The highest BCUT2D eigenvalue weighted by Gasteiger charge is 2.18. The number of nitrogens with zero attached hydrogens (tertiary/aromatic N) is 3. The van der Waals surface area contributed by atoms with Gasteiger partial charge in [-0.15, -0.1) is 11.3 Å². The van der Waals surface area contributed by atoms with Crippen LogP contribution in [0.5, 0.6) is 5.75 Å². The van der Waals surface area contributed by atoms with Crippen LogP contribution in [0.15, 0.2) is 43.0 Å². The van der Waals surface area contributed by atoms with E-state index in [9.17, 15) is 4.79 Å². The number of aromatic nitrogens is 3. The van der Waals surface area contributed by atoms with Crippen molar-refractivity contribution in [2.45, 2.75) is 26.3 Å². The number of hydrogen-bond acceptors (Lipinski definition) is 5. The molecule has 3 rings (SSSR count). The number of imidazole rings is 1. The van der Waals surface area contributed by atoms with E-state index in [1.807, 2.05) is 31.2 Å². The Morgan fingerprint density at radius 1 is 1.36 bits per heavy atom. The number of amides is 1. The van der Waals surface area contributed by atoms with E-state index < -0.39 is 0 Å². The highest BCUT2D eigenvalue weighted by atomic mass is 32.1. The van der Waals surface area contributed by atoms with E-state index in [1.165, 1.54) is 11.3 Å². The summed E-state index contributed by atoms with van der Waals surface area (Å²) >= 11 is 1.51. The maximum Gasteiger partial charge on any atom is 0.248 e. The molecule has 3 aromatic rings. The second-order valence-electron chi connectivity index (χ2n) is 5.55. The Labute approximate surface area is 150 Å². The molecule has 0 fully saturated rings. The van der Waals surface area contributed by atoms with Crippen molar-refractivity contribution in [3.63, 3.8) is 0 Å². The number of hydrogen-bond donors (Lipinski definition) is 1. The molecule has 0 saturated heterocycles. The van der Waals surface area contributed by atoms with Crippen LogP contribution in [0.1, 0.15) is 24.8 Å². The Kier molecular flexibility index (Phi) is 5.14. The smallest absolute Gasteiger partial charge is 0.248 e. The molecule has 7 heteroatoms. The fourth-order valence-corrected chi connectivity index (χ4v) is 3.39. The van der Waals surface area contributed by atoms with Gasteiger partial charge in [-0.1, -0.05) is 6.92 Å². The lowest BCUT2D eigenvalue weighted by Crippen LogP contribution is -2.22. The zero-order valence-corrected chi connectivity index (χ0v) is 15.2. The Bertz CT molecular complexity index is 841. The minimum Gasteiger partial charge on any atom is -0.497 e. The molecule has 2 heterocycles.